The number of carbonyl (C=O) groups is 1. The van der Waals surface area contributed by atoms with E-state index in [0.29, 0.717) is 17.8 Å². The number of esters is 1. The Bertz CT molecular complexity index is 766. The third-order valence-corrected chi connectivity index (χ3v) is 7.54. The van der Waals surface area contributed by atoms with Crippen LogP contribution in [0.15, 0.2) is 12.1 Å². The molecule has 4 nitrogen and oxygen atoms in total. The number of benzene rings is 1. The minimum Gasteiger partial charge on any atom is -0.487 e. The second kappa shape index (κ2) is 8.90. The number of carbonyl (C=O) groups excluding carboxylic acids is 1. The summed E-state index contributed by atoms with van der Waals surface area (Å²) in [4.78, 5) is 12.9. The summed E-state index contributed by atoms with van der Waals surface area (Å²) in [6.45, 7) is 9.95. The van der Waals surface area contributed by atoms with E-state index in [4.69, 9.17) is 9.47 Å². The van der Waals surface area contributed by atoms with Crippen molar-refractivity contribution in [2.75, 3.05) is 6.54 Å². The molecule has 1 aromatic carbocycles. The largest absolute Gasteiger partial charge is 0.487 e. The highest BCUT2D eigenvalue weighted by Crippen LogP contribution is 2.55. The zero-order valence-electron chi connectivity index (χ0n) is 19.3. The van der Waals surface area contributed by atoms with E-state index in [9.17, 15) is 4.79 Å². The van der Waals surface area contributed by atoms with Gasteiger partial charge in [0.2, 0.25) is 0 Å². The highest BCUT2D eigenvalue weighted by Gasteiger charge is 2.47. The second-order valence-corrected chi connectivity index (χ2v) is 10.4. The molecule has 0 spiro atoms. The first-order valence-electron chi connectivity index (χ1n) is 12.2. The van der Waals surface area contributed by atoms with Gasteiger partial charge in [-0.05, 0) is 88.4 Å². The van der Waals surface area contributed by atoms with E-state index in [1.165, 1.54) is 31.2 Å². The predicted octanol–water partition coefficient (Wildman–Crippen LogP) is 5.77. The van der Waals surface area contributed by atoms with Gasteiger partial charge in [-0.15, -0.1) is 0 Å². The van der Waals surface area contributed by atoms with Crippen molar-refractivity contribution in [3.63, 3.8) is 0 Å². The lowest BCUT2D eigenvalue weighted by atomic mass is 9.64. The molecule has 2 heterocycles. The Balaban J connectivity index is 1.71. The van der Waals surface area contributed by atoms with E-state index >= 15 is 0 Å². The molecule has 1 aromatic rings. The van der Waals surface area contributed by atoms with Crippen molar-refractivity contribution in [1.82, 2.24) is 5.32 Å². The number of nitrogens with one attached hydrogen (secondary N) is 1. The molecule has 0 aromatic heterocycles. The minimum absolute atomic E-state index is 0.134. The summed E-state index contributed by atoms with van der Waals surface area (Å²) < 4.78 is 12.7. The fourth-order valence-corrected chi connectivity index (χ4v) is 5.87. The number of rotatable bonds is 6. The van der Waals surface area contributed by atoms with Crippen LogP contribution in [-0.4, -0.2) is 24.2 Å². The average molecular weight is 414 g/mol. The molecule has 4 heteroatoms. The Hall–Kier alpha value is -1.55. The Morgan fingerprint density at radius 2 is 2.07 bits per heavy atom. The summed E-state index contributed by atoms with van der Waals surface area (Å²) in [5, 5.41) is 3.28. The van der Waals surface area contributed by atoms with E-state index in [1.807, 2.05) is 0 Å². The molecule has 30 heavy (non-hydrogen) atoms. The van der Waals surface area contributed by atoms with E-state index in [0.717, 1.165) is 55.7 Å². The van der Waals surface area contributed by atoms with Crippen LogP contribution in [-0.2, 0) is 11.2 Å². The van der Waals surface area contributed by atoms with Gasteiger partial charge in [-0.2, -0.15) is 0 Å². The Kier molecular flexibility index (Phi) is 6.43. The van der Waals surface area contributed by atoms with Crippen LogP contribution >= 0.6 is 0 Å². The highest BCUT2D eigenvalue weighted by atomic mass is 16.5. The molecule has 1 N–H and O–H groups in total. The monoisotopic (exact) mass is 413 g/mol. The average Bonchev–Trinajstić information content (AvgIpc) is 3.22. The van der Waals surface area contributed by atoms with Crippen LogP contribution < -0.4 is 14.8 Å². The highest BCUT2D eigenvalue weighted by molar-refractivity contribution is 5.79. The third kappa shape index (κ3) is 4.39. The molecule has 1 saturated carbocycles. The predicted molar refractivity (Wildman–Crippen MR) is 120 cm³/mol. The maximum atomic E-state index is 12.9. The lowest BCUT2D eigenvalue weighted by Crippen LogP contribution is -2.47. The number of ether oxygens (including phenoxy) is 2. The van der Waals surface area contributed by atoms with Crippen molar-refractivity contribution in [3.8, 4) is 11.5 Å². The normalized spacial score (nSPS) is 29.6. The molecule has 4 atom stereocenters. The number of unbranched alkanes of at least 4 members (excludes halogenated alkanes) is 2. The summed E-state index contributed by atoms with van der Waals surface area (Å²) in [5.74, 6) is 3.14. The molecule has 3 aliphatic rings. The summed E-state index contributed by atoms with van der Waals surface area (Å²) in [7, 11) is 0. The molecule has 2 aliphatic heterocycles. The summed E-state index contributed by atoms with van der Waals surface area (Å²) in [6.07, 6.45) is 10.0. The number of aryl methyl sites for hydroxylation is 1. The Labute approximate surface area is 182 Å². The van der Waals surface area contributed by atoms with Crippen molar-refractivity contribution < 1.29 is 14.3 Å². The van der Waals surface area contributed by atoms with Gasteiger partial charge in [0, 0.05) is 11.5 Å². The van der Waals surface area contributed by atoms with Gasteiger partial charge in [-0.3, -0.25) is 0 Å². The Morgan fingerprint density at radius 1 is 1.23 bits per heavy atom. The standard InChI is InChI=1S/C26H39NO3/c1-5-6-7-9-18-15-22(29-25(28)21-10-8-13-27-21)24-19-14-17(2)11-12-20(19)26(3,4)30-23(24)16-18/h15-17,19-21,27H,5-14H2,1-4H3/t17?,19-,20-,21?/m1/s1. The quantitative estimate of drug-likeness (QED) is 0.365. The SMILES string of the molecule is CCCCCc1cc(OC(=O)C2CCCN2)c2c(c1)OC(C)(C)[C@@H]1CCC(C)C[C@@H]21. The molecule has 0 radical (unpaired) electrons. The molecule has 4 rings (SSSR count). The first-order chi connectivity index (χ1) is 14.4. The number of hydrogen-bond donors (Lipinski definition) is 1. The van der Waals surface area contributed by atoms with Crippen LogP contribution in [0, 0.1) is 11.8 Å². The molecule has 0 bridgehead atoms. The van der Waals surface area contributed by atoms with Crippen LogP contribution in [0.5, 0.6) is 11.5 Å². The van der Waals surface area contributed by atoms with Gasteiger partial charge in [0.15, 0.2) is 0 Å². The molecule has 2 unspecified atom stereocenters. The van der Waals surface area contributed by atoms with Gasteiger partial charge in [-0.1, -0.05) is 33.1 Å². The number of hydrogen-bond acceptors (Lipinski definition) is 4. The van der Waals surface area contributed by atoms with Crippen molar-refractivity contribution in [2.45, 2.75) is 103 Å². The first kappa shape index (κ1) is 21.7. The number of fused-ring (bicyclic) bond motifs is 3. The zero-order chi connectivity index (χ0) is 21.3. The lowest BCUT2D eigenvalue weighted by molar-refractivity contribution is -0.136. The fourth-order valence-electron chi connectivity index (χ4n) is 5.87. The maximum Gasteiger partial charge on any atom is 0.328 e. The summed E-state index contributed by atoms with van der Waals surface area (Å²) >= 11 is 0. The molecule has 1 saturated heterocycles. The van der Waals surface area contributed by atoms with E-state index < -0.39 is 0 Å². The molecule has 166 valence electrons. The molecular weight excluding hydrogens is 374 g/mol. The third-order valence-electron chi connectivity index (χ3n) is 7.54. The van der Waals surface area contributed by atoms with Crippen LogP contribution in [0.1, 0.15) is 96.1 Å². The van der Waals surface area contributed by atoms with Crippen molar-refractivity contribution in [3.05, 3.63) is 23.3 Å². The van der Waals surface area contributed by atoms with Crippen molar-refractivity contribution in [2.24, 2.45) is 11.8 Å². The van der Waals surface area contributed by atoms with E-state index in [2.05, 4.69) is 45.1 Å². The van der Waals surface area contributed by atoms with Crippen LogP contribution in [0.25, 0.3) is 0 Å². The molecule has 0 amide bonds. The van der Waals surface area contributed by atoms with Crippen LogP contribution in [0.3, 0.4) is 0 Å². The van der Waals surface area contributed by atoms with Gasteiger partial charge in [0.1, 0.15) is 23.1 Å². The summed E-state index contributed by atoms with van der Waals surface area (Å²) in [6, 6.07) is 4.19. The lowest BCUT2D eigenvalue weighted by Gasteiger charge is -2.49. The summed E-state index contributed by atoms with van der Waals surface area (Å²) in [5.41, 5.74) is 2.19. The second-order valence-electron chi connectivity index (χ2n) is 10.4. The van der Waals surface area contributed by atoms with Gasteiger partial charge < -0.3 is 14.8 Å². The minimum atomic E-state index is -0.186. The smallest absolute Gasteiger partial charge is 0.328 e. The molecule has 2 fully saturated rings. The van der Waals surface area contributed by atoms with Gasteiger partial charge in [0.05, 0.1) is 0 Å². The van der Waals surface area contributed by atoms with E-state index in [-0.39, 0.29) is 17.6 Å². The van der Waals surface area contributed by atoms with Crippen LogP contribution in [0.2, 0.25) is 0 Å². The van der Waals surface area contributed by atoms with E-state index in [1.54, 1.807) is 0 Å². The van der Waals surface area contributed by atoms with Crippen LogP contribution in [0.4, 0.5) is 0 Å². The zero-order valence-corrected chi connectivity index (χ0v) is 19.3. The van der Waals surface area contributed by atoms with Crippen molar-refractivity contribution in [1.29, 1.82) is 0 Å². The van der Waals surface area contributed by atoms with Gasteiger partial charge in [0.25, 0.3) is 0 Å². The molecular formula is C26H39NO3. The van der Waals surface area contributed by atoms with Gasteiger partial charge in [-0.25, -0.2) is 4.79 Å². The fraction of sp³-hybridized carbons (Fsp3) is 0.731. The topological polar surface area (TPSA) is 47.6 Å². The van der Waals surface area contributed by atoms with Crippen molar-refractivity contribution >= 4 is 5.97 Å². The van der Waals surface area contributed by atoms with Gasteiger partial charge >= 0.3 is 5.97 Å². The Morgan fingerprint density at radius 3 is 2.80 bits per heavy atom. The molecule has 1 aliphatic carbocycles. The first-order valence-corrected chi connectivity index (χ1v) is 12.2. The maximum absolute atomic E-state index is 12.9.